The molecule has 31 heavy (non-hydrogen) atoms. The first-order valence-corrected chi connectivity index (χ1v) is 14.1. The molecule has 2 aromatic carbocycles. The molecule has 1 aliphatic rings. The summed E-state index contributed by atoms with van der Waals surface area (Å²) in [5.41, 5.74) is 0.386. The molecule has 1 fully saturated rings. The molecule has 0 spiro atoms. The summed E-state index contributed by atoms with van der Waals surface area (Å²) in [7, 11) is -3.87. The fraction of sp³-hybridized carbons (Fsp3) is 0.455. The Balaban J connectivity index is 1.90. The Hall–Kier alpha value is -0.630. The second-order valence-electron chi connectivity index (χ2n) is 7.79. The molecule has 0 saturated carbocycles. The third kappa shape index (κ3) is 6.24. The van der Waals surface area contributed by atoms with Crippen LogP contribution in [0.1, 0.15) is 26.2 Å². The van der Waals surface area contributed by atoms with Gasteiger partial charge in [0.25, 0.3) is 10.0 Å². The van der Waals surface area contributed by atoms with Crippen LogP contribution in [0.5, 0.6) is 0 Å². The molecular weight excluding hydrogens is 495 g/mol. The molecule has 3 rings (SSSR count). The molecule has 0 bridgehead atoms. The monoisotopic (exact) mass is 520 g/mol. The lowest BCUT2D eigenvalue weighted by molar-refractivity contribution is 0.227. The van der Waals surface area contributed by atoms with Gasteiger partial charge >= 0.3 is 0 Å². The van der Waals surface area contributed by atoms with Gasteiger partial charge in [-0.2, -0.15) is 11.8 Å². The predicted octanol–water partition coefficient (Wildman–Crippen LogP) is 6.45. The summed E-state index contributed by atoms with van der Waals surface area (Å²) in [4.78, 5) is 2.59. The maximum atomic E-state index is 13.7. The van der Waals surface area contributed by atoms with Gasteiger partial charge in [0.2, 0.25) is 0 Å². The second kappa shape index (κ2) is 11.0. The van der Waals surface area contributed by atoms with Crippen molar-refractivity contribution in [2.24, 2.45) is 0 Å². The molecule has 1 unspecified atom stereocenters. The number of hydrogen-bond acceptors (Lipinski definition) is 4. The Morgan fingerprint density at radius 3 is 2.48 bits per heavy atom. The third-order valence-electron chi connectivity index (χ3n) is 5.58. The van der Waals surface area contributed by atoms with E-state index >= 15 is 0 Å². The average molecular weight is 522 g/mol. The van der Waals surface area contributed by atoms with Gasteiger partial charge in [0.05, 0.1) is 15.6 Å². The highest BCUT2D eigenvalue weighted by Crippen LogP contribution is 2.35. The van der Waals surface area contributed by atoms with Gasteiger partial charge in [-0.1, -0.05) is 34.8 Å². The lowest BCUT2D eigenvalue weighted by Gasteiger charge is -2.35. The van der Waals surface area contributed by atoms with Crippen LogP contribution in [0.3, 0.4) is 0 Å². The van der Waals surface area contributed by atoms with Gasteiger partial charge in [0.1, 0.15) is 0 Å². The molecule has 1 saturated heterocycles. The van der Waals surface area contributed by atoms with Crippen molar-refractivity contribution in [2.75, 3.05) is 30.2 Å². The van der Waals surface area contributed by atoms with Crippen LogP contribution in [0.2, 0.25) is 15.1 Å². The molecule has 0 radical (unpaired) electrons. The van der Waals surface area contributed by atoms with E-state index in [1.807, 2.05) is 18.7 Å². The number of benzene rings is 2. The van der Waals surface area contributed by atoms with Crippen molar-refractivity contribution in [3.63, 3.8) is 0 Å². The Labute approximate surface area is 204 Å². The minimum absolute atomic E-state index is 0.167. The maximum Gasteiger partial charge on any atom is 0.264 e. The molecule has 2 aromatic rings. The second-order valence-corrected chi connectivity index (χ2v) is 12.0. The van der Waals surface area contributed by atoms with E-state index in [0.29, 0.717) is 32.4 Å². The van der Waals surface area contributed by atoms with E-state index in [4.69, 9.17) is 34.8 Å². The number of halogens is 3. The summed E-state index contributed by atoms with van der Waals surface area (Å²) in [6.45, 7) is 4.82. The molecule has 9 heteroatoms. The summed E-state index contributed by atoms with van der Waals surface area (Å²) < 4.78 is 28.7. The normalized spacial score (nSPS) is 18.7. The van der Waals surface area contributed by atoms with E-state index in [1.165, 1.54) is 29.3 Å². The summed E-state index contributed by atoms with van der Waals surface area (Å²) in [5, 5.41) is 1.89. The lowest BCUT2D eigenvalue weighted by atomic mass is 10.1. The first-order valence-electron chi connectivity index (χ1n) is 10.2. The van der Waals surface area contributed by atoms with Crippen LogP contribution in [-0.2, 0) is 10.0 Å². The molecule has 2 atom stereocenters. The number of hydrogen-bond donors (Lipinski definition) is 0. The van der Waals surface area contributed by atoms with Crippen LogP contribution in [0.4, 0.5) is 5.69 Å². The highest BCUT2D eigenvalue weighted by atomic mass is 35.5. The van der Waals surface area contributed by atoms with Crippen LogP contribution in [0.25, 0.3) is 0 Å². The SMILES string of the molecule is CS[C@@H]1CCCN(CCC(C)N(c2cc(Cl)ccc2Cl)S(=O)(=O)c2ccc(Cl)cc2)C1. The number of likely N-dealkylation sites (tertiary alicyclic amines) is 1. The zero-order valence-corrected chi connectivity index (χ0v) is 21.5. The lowest BCUT2D eigenvalue weighted by Crippen LogP contribution is -2.43. The smallest absolute Gasteiger partial charge is 0.264 e. The Morgan fingerprint density at radius 2 is 1.81 bits per heavy atom. The van der Waals surface area contributed by atoms with E-state index in [9.17, 15) is 8.42 Å². The molecule has 0 N–H and O–H groups in total. The zero-order chi connectivity index (χ0) is 22.6. The van der Waals surface area contributed by atoms with Crippen molar-refractivity contribution < 1.29 is 8.42 Å². The van der Waals surface area contributed by atoms with E-state index in [1.54, 1.807) is 30.3 Å². The van der Waals surface area contributed by atoms with Gasteiger partial charge in [0.15, 0.2) is 0 Å². The summed E-state index contributed by atoms with van der Waals surface area (Å²) >= 11 is 20.5. The van der Waals surface area contributed by atoms with Crippen LogP contribution in [0.15, 0.2) is 47.4 Å². The Kier molecular flexibility index (Phi) is 8.87. The summed E-state index contributed by atoms with van der Waals surface area (Å²) in [6.07, 6.45) is 5.24. The highest BCUT2D eigenvalue weighted by molar-refractivity contribution is 7.99. The molecule has 0 aromatic heterocycles. The number of sulfonamides is 1. The predicted molar refractivity (Wildman–Crippen MR) is 135 cm³/mol. The van der Waals surface area contributed by atoms with Crippen molar-refractivity contribution in [1.29, 1.82) is 0 Å². The topological polar surface area (TPSA) is 40.6 Å². The Morgan fingerprint density at radius 1 is 1.13 bits per heavy atom. The van der Waals surface area contributed by atoms with Gasteiger partial charge in [-0.15, -0.1) is 0 Å². The van der Waals surface area contributed by atoms with Crippen molar-refractivity contribution >= 4 is 62.3 Å². The number of piperidine rings is 1. The van der Waals surface area contributed by atoms with Gasteiger partial charge in [-0.3, -0.25) is 4.31 Å². The first kappa shape index (κ1) is 25.0. The highest BCUT2D eigenvalue weighted by Gasteiger charge is 2.32. The van der Waals surface area contributed by atoms with Crippen molar-refractivity contribution in [3.05, 3.63) is 57.5 Å². The standard InChI is InChI=1S/C22H27Cl3N2O2S2/c1-16(11-13-26-12-3-4-19(15-26)30-2)27(22-14-18(24)7-10-21(22)25)31(28,29)20-8-5-17(23)6-9-20/h5-10,14,16,19H,3-4,11-13,15H2,1-2H3/t16?,19-/m1/s1. The Bertz CT molecular complexity index is 987. The van der Waals surface area contributed by atoms with Crippen molar-refractivity contribution in [2.45, 2.75) is 42.4 Å². The maximum absolute atomic E-state index is 13.7. The molecule has 0 amide bonds. The quantitative estimate of drug-likeness (QED) is 0.400. The number of nitrogens with zero attached hydrogens (tertiary/aromatic N) is 2. The largest absolute Gasteiger partial charge is 0.302 e. The van der Waals surface area contributed by atoms with Crippen LogP contribution in [-0.4, -0.2) is 50.5 Å². The number of thioether (sulfide) groups is 1. The van der Waals surface area contributed by atoms with Crippen LogP contribution >= 0.6 is 46.6 Å². The molecule has 170 valence electrons. The van der Waals surface area contributed by atoms with Crippen molar-refractivity contribution in [1.82, 2.24) is 4.90 Å². The molecule has 4 nitrogen and oxygen atoms in total. The molecule has 1 aliphatic heterocycles. The van der Waals surface area contributed by atoms with Crippen molar-refractivity contribution in [3.8, 4) is 0 Å². The molecule has 0 aliphatic carbocycles. The minimum atomic E-state index is -3.87. The number of rotatable bonds is 8. The van der Waals surface area contributed by atoms with E-state index in [2.05, 4.69) is 11.2 Å². The summed E-state index contributed by atoms with van der Waals surface area (Å²) in [6, 6.07) is 10.8. The fourth-order valence-electron chi connectivity index (χ4n) is 3.87. The van der Waals surface area contributed by atoms with Gasteiger partial charge in [0, 0.05) is 34.4 Å². The summed E-state index contributed by atoms with van der Waals surface area (Å²) in [5.74, 6) is 0. The first-order chi connectivity index (χ1) is 14.7. The minimum Gasteiger partial charge on any atom is -0.302 e. The van der Waals surface area contributed by atoms with Gasteiger partial charge in [-0.25, -0.2) is 8.42 Å². The third-order valence-corrected chi connectivity index (χ3v) is 9.38. The molecular formula is C22H27Cl3N2O2S2. The number of anilines is 1. The fourth-order valence-corrected chi connectivity index (χ4v) is 6.88. The van der Waals surface area contributed by atoms with E-state index in [0.717, 1.165) is 19.6 Å². The zero-order valence-electron chi connectivity index (χ0n) is 17.6. The van der Waals surface area contributed by atoms with E-state index in [-0.39, 0.29) is 10.9 Å². The van der Waals surface area contributed by atoms with Crippen LogP contribution in [0, 0.1) is 0 Å². The van der Waals surface area contributed by atoms with Crippen LogP contribution < -0.4 is 4.31 Å². The van der Waals surface area contributed by atoms with E-state index < -0.39 is 10.0 Å². The molecule has 1 heterocycles. The van der Waals surface area contributed by atoms with Gasteiger partial charge < -0.3 is 4.90 Å². The average Bonchev–Trinajstić information content (AvgIpc) is 2.75. The van der Waals surface area contributed by atoms with Gasteiger partial charge in [-0.05, 0) is 81.5 Å².